The van der Waals surface area contributed by atoms with E-state index in [2.05, 4.69) is 24.4 Å². The molecule has 14 heavy (non-hydrogen) atoms. The van der Waals surface area contributed by atoms with Gasteiger partial charge in [-0.1, -0.05) is 23.7 Å². The standard InChI is InChI=1S/C12H16ClN/c1-9-3-4-10(11(13)7-9)8-12(14-2)5-6-12/h3-4,7,14H,5-6,8H2,1-2H3. The number of halogens is 1. The Morgan fingerprint density at radius 2 is 2.14 bits per heavy atom. The Morgan fingerprint density at radius 1 is 1.43 bits per heavy atom. The first-order valence-corrected chi connectivity index (χ1v) is 5.47. The largest absolute Gasteiger partial charge is 0.314 e. The zero-order valence-electron chi connectivity index (χ0n) is 8.73. The number of nitrogens with one attached hydrogen (secondary N) is 1. The van der Waals surface area contributed by atoms with Crippen LogP contribution in [0.2, 0.25) is 5.02 Å². The number of hydrogen-bond acceptors (Lipinski definition) is 1. The number of aryl methyl sites for hydroxylation is 1. The number of benzene rings is 1. The molecule has 0 atom stereocenters. The smallest absolute Gasteiger partial charge is 0.0441 e. The zero-order valence-corrected chi connectivity index (χ0v) is 9.49. The fraction of sp³-hybridized carbons (Fsp3) is 0.500. The van der Waals surface area contributed by atoms with E-state index in [1.54, 1.807) is 0 Å². The lowest BCUT2D eigenvalue weighted by molar-refractivity contribution is 0.549. The molecule has 0 aliphatic heterocycles. The Labute approximate surface area is 90.5 Å². The molecule has 0 radical (unpaired) electrons. The lowest BCUT2D eigenvalue weighted by Gasteiger charge is -2.15. The number of likely N-dealkylation sites (N-methyl/N-ethyl adjacent to an activating group) is 1. The van der Waals surface area contributed by atoms with E-state index in [1.807, 2.05) is 13.1 Å². The Kier molecular flexibility index (Phi) is 2.54. The van der Waals surface area contributed by atoms with Gasteiger partial charge in [-0.25, -0.2) is 0 Å². The predicted molar refractivity (Wildman–Crippen MR) is 60.9 cm³/mol. The molecule has 0 unspecified atom stereocenters. The van der Waals surface area contributed by atoms with E-state index >= 15 is 0 Å². The summed E-state index contributed by atoms with van der Waals surface area (Å²) in [4.78, 5) is 0. The fourth-order valence-electron chi connectivity index (χ4n) is 1.83. The molecule has 2 rings (SSSR count). The highest BCUT2D eigenvalue weighted by Crippen LogP contribution is 2.39. The van der Waals surface area contributed by atoms with Crippen molar-refractivity contribution in [2.45, 2.75) is 31.7 Å². The van der Waals surface area contributed by atoms with Crippen molar-refractivity contribution < 1.29 is 0 Å². The zero-order chi connectivity index (χ0) is 10.2. The van der Waals surface area contributed by atoms with Crippen LogP contribution in [0.3, 0.4) is 0 Å². The maximum absolute atomic E-state index is 6.19. The molecular weight excluding hydrogens is 194 g/mol. The van der Waals surface area contributed by atoms with E-state index in [0.717, 1.165) is 11.4 Å². The molecule has 0 saturated heterocycles. The summed E-state index contributed by atoms with van der Waals surface area (Å²) in [5, 5.41) is 4.29. The maximum Gasteiger partial charge on any atom is 0.0441 e. The van der Waals surface area contributed by atoms with Crippen molar-refractivity contribution in [1.29, 1.82) is 0 Å². The highest BCUT2D eigenvalue weighted by molar-refractivity contribution is 6.31. The minimum absolute atomic E-state index is 0.346. The molecule has 0 aromatic heterocycles. The lowest BCUT2D eigenvalue weighted by Crippen LogP contribution is -2.29. The van der Waals surface area contributed by atoms with Crippen LogP contribution in [-0.2, 0) is 6.42 Å². The van der Waals surface area contributed by atoms with Crippen LogP contribution < -0.4 is 5.32 Å². The van der Waals surface area contributed by atoms with E-state index in [1.165, 1.54) is 24.0 Å². The summed E-state index contributed by atoms with van der Waals surface area (Å²) in [5.41, 5.74) is 2.84. The molecule has 0 heterocycles. The molecule has 1 N–H and O–H groups in total. The van der Waals surface area contributed by atoms with Gasteiger partial charge in [-0.2, -0.15) is 0 Å². The van der Waals surface area contributed by atoms with Crippen LogP contribution in [0.5, 0.6) is 0 Å². The van der Waals surface area contributed by atoms with Gasteiger partial charge in [-0.3, -0.25) is 0 Å². The van der Waals surface area contributed by atoms with Crippen molar-refractivity contribution in [2.75, 3.05) is 7.05 Å². The van der Waals surface area contributed by atoms with Crippen LogP contribution >= 0.6 is 11.6 Å². The van der Waals surface area contributed by atoms with E-state index in [4.69, 9.17) is 11.6 Å². The van der Waals surface area contributed by atoms with Gasteiger partial charge in [-0.05, 0) is 50.4 Å². The summed E-state index contributed by atoms with van der Waals surface area (Å²) in [6.07, 6.45) is 3.60. The molecule has 1 aromatic rings. The quantitative estimate of drug-likeness (QED) is 0.807. The van der Waals surface area contributed by atoms with Gasteiger partial charge in [0, 0.05) is 10.6 Å². The first-order valence-electron chi connectivity index (χ1n) is 5.09. The molecular formula is C12H16ClN. The second kappa shape index (κ2) is 3.56. The van der Waals surface area contributed by atoms with Crippen LogP contribution in [0.25, 0.3) is 0 Å². The van der Waals surface area contributed by atoms with Crippen molar-refractivity contribution in [3.8, 4) is 0 Å². The molecule has 0 bridgehead atoms. The van der Waals surface area contributed by atoms with Crippen molar-refractivity contribution in [1.82, 2.24) is 5.32 Å². The molecule has 1 aliphatic rings. The van der Waals surface area contributed by atoms with Gasteiger partial charge >= 0.3 is 0 Å². The highest BCUT2D eigenvalue weighted by Gasteiger charge is 2.41. The van der Waals surface area contributed by atoms with Gasteiger partial charge in [0.25, 0.3) is 0 Å². The van der Waals surface area contributed by atoms with E-state index < -0.39 is 0 Å². The third-order valence-electron chi connectivity index (χ3n) is 3.12. The summed E-state index contributed by atoms with van der Waals surface area (Å²) in [7, 11) is 2.04. The molecule has 1 fully saturated rings. The normalized spacial score (nSPS) is 18.2. The van der Waals surface area contributed by atoms with Crippen LogP contribution in [0.1, 0.15) is 24.0 Å². The van der Waals surface area contributed by atoms with Crippen LogP contribution in [0.15, 0.2) is 18.2 Å². The second-order valence-corrected chi connectivity index (χ2v) is 4.71. The topological polar surface area (TPSA) is 12.0 Å². The summed E-state index contributed by atoms with van der Waals surface area (Å²) in [6.45, 7) is 2.07. The van der Waals surface area contributed by atoms with Crippen molar-refractivity contribution >= 4 is 11.6 Å². The van der Waals surface area contributed by atoms with E-state index in [-0.39, 0.29) is 0 Å². The Bertz CT molecular complexity index is 342. The van der Waals surface area contributed by atoms with Crippen LogP contribution in [0.4, 0.5) is 0 Å². The van der Waals surface area contributed by atoms with E-state index in [9.17, 15) is 0 Å². The molecule has 2 heteroatoms. The van der Waals surface area contributed by atoms with Crippen LogP contribution in [-0.4, -0.2) is 12.6 Å². The first kappa shape index (κ1) is 10.0. The predicted octanol–water partition coefficient (Wildman–Crippen LogP) is 2.94. The fourth-order valence-corrected chi connectivity index (χ4v) is 2.13. The third-order valence-corrected chi connectivity index (χ3v) is 3.47. The number of hydrogen-bond donors (Lipinski definition) is 1. The molecule has 0 amide bonds. The van der Waals surface area contributed by atoms with Gasteiger partial charge < -0.3 is 5.32 Å². The molecule has 1 aliphatic carbocycles. The molecule has 1 aromatic carbocycles. The van der Waals surface area contributed by atoms with Crippen molar-refractivity contribution in [3.63, 3.8) is 0 Å². The minimum atomic E-state index is 0.346. The second-order valence-electron chi connectivity index (χ2n) is 4.30. The summed E-state index contributed by atoms with van der Waals surface area (Å²) >= 11 is 6.19. The summed E-state index contributed by atoms with van der Waals surface area (Å²) in [5.74, 6) is 0. The summed E-state index contributed by atoms with van der Waals surface area (Å²) < 4.78 is 0. The Hall–Kier alpha value is -0.530. The van der Waals surface area contributed by atoms with Crippen LogP contribution in [0, 0.1) is 6.92 Å². The molecule has 1 saturated carbocycles. The van der Waals surface area contributed by atoms with Gasteiger partial charge in [0.1, 0.15) is 0 Å². The third kappa shape index (κ3) is 1.94. The van der Waals surface area contributed by atoms with Crippen molar-refractivity contribution in [3.05, 3.63) is 34.3 Å². The van der Waals surface area contributed by atoms with Gasteiger partial charge in [-0.15, -0.1) is 0 Å². The molecule has 1 nitrogen and oxygen atoms in total. The average molecular weight is 210 g/mol. The number of rotatable bonds is 3. The maximum atomic E-state index is 6.19. The first-order chi connectivity index (χ1) is 6.65. The molecule has 0 spiro atoms. The lowest BCUT2D eigenvalue weighted by atomic mass is 10.0. The highest BCUT2D eigenvalue weighted by atomic mass is 35.5. The molecule has 76 valence electrons. The van der Waals surface area contributed by atoms with Gasteiger partial charge in [0.05, 0.1) is 0 Å². The Balaban J connectivity index is 2.17. The van der Waals surface area contributed by atoms with Crippen molar-refractivity contribution in [2.24, 2.45) is 0 Å². The van der Waals surface area contributed by atoms with E-state index in [0.29, 0.717) is 5.54 Å². The summed E-state index contributed by atoms with van der Waals surface area (Å²) in [6, 6.07) is 6.32. The van der Waals surface area contributed by atoms with Gasteiger partial charge in [0.2, 0.25) is 0 Å². The SMILES string of the molecule is CNC1(Cc2ccc(C)cc2Cl)CC1. The monoisotopic (exact) mass is 209 g/mol. The van der Waals surface area contributed by atoms with Gasteiger partial charge in [0.15, 0.2) is 0 Å². The average Bonchev–Trinajstić information content (AvgIpc) is 2.91. The Morgan fingerprint density at radius 3 is 2.64 bits per heavy atom. The minimum Gasteiger partial charge on any atom is -0.314 e.